The molecule has 1 aliphatic rings. The molecule has 0 atom stereocenters. The number of benzene rings is 2. The summed E-state index contributed by atoms with van der Waals surface area (Å²) < 4.78 is 5.13. The van der Waals surface area contributed by atoms with Gasteiger partial charge >= 0.3 is 5.69 Å². The highest BCUT2D eigenvalue weighted by atomic mass is 35.5. The van der Waals surface area contributed by atoms with E-state index in [9.17, 15) is 14.9 Å². The van der Waals surface area contributed by atoms with E-state index in [1.807, 2.05) is 55.5 Å². The lowest BCUT2D eigenvalue weighted by atomic mass is 9.96. The number of amides is 1. The molecule has 178 valence electrons. The van der Waals surface area contributed by atoms with Crippen LogP contribution in [-0.2, 0) is 6.42 Å². The first-order valence-electron chi connectivity index (χ1n) is 11.1. The highest BCUT2D eigenvalue weighted by Crippen LogP contribution is 2.32. The third kappa shape index (κ3) is 5.09. The van der Waals surface area contributed by atoms with Crippen molar-refractivity contribution in [3.05, 3.63) is 91.3 Å². The Morgan fingerprint density at radius 2 is 1.56 bits per heavy atom. The monoisotopic (exact) mass is 502 g/mol. The van der Waals surface area contributed by atoms with Gasteiger partial charge in [-0.1, -0.05) is 59.5 Å². The third-order valence-electron chi connectivity index (χ3n) is 5.94. The van der Waals surface area contributed by atoms with Crippen molar-refractivity contribution in [1.29, 1.82) is 0 Å². The lowest BCUT2D eigenvalue weighted by molar-refractivity contribution is -0.386. The van der Waals surface area contributed by atoms with E-state index in [0.717, 1.165) is 11.1 Å². The molecule has 1 aliphatic heterocycles. The first-order chi connectivity index (χ1) is 16.4. The van der Waals surface area contributed by atoms with Crippen LogP contribution in [0.2, 0.25) is 10.0 Å². The molecule has 0 N–H and O–H groups in total. The summed E-state index contributed by atoms with van der Waals surface area (Å²) in [7, 11) is 0. The maximum absolute atomic E-state index is 13.1. The van der Waals surface area contributed by atoms with Gasteiger partial charge in [0.05, 0.1) is 11.0 Å². The summed E-state index contributed by atoms with van der Waals surface area (Å²) >= 11 is 12.2. The van der Waals surface area contributed by atoms with Gasteiger partial charge in [0.25, 0.3) is 5.91 Å². The normalized spacial score (nSPS) is 14.5. The number of aryl methyl sites for hydroxylation is 1. The van der Waals surface area contributed by atoms with Gasteiger partial charge < -0.3 is 9.42 Å². The highest BCUT2D eigenvalue weighted by molar-refractivity contribution is 6.30. The molecule has 1 saturated heterocycles. The number of carbonyl (C=O) groups excluding carboxylic acids is 1. The fourth-order valence-electron chi connectivity index (χ4n) is 4.28. The smallest absolute Gasteiger partial charge is 0.344 e. The van der Waals surface area contributed by atoms with Crippen molar-refractivity contribution in [1.82, 2.24) is 15.0 Å². The first kappa shape index (κ1) is 24.2. The number of halogens is 2. The molecule has 3 aromatic rings. The number of hydrogen-bond acceptors (Lipinski definition) is 6. The largest absolute Gasteiger partial charge is 0.353 e. The lowest BCUT2D eigenvalue weighted by Gasteiger charge is -2.39. The molecule has 0 saturated carbocycles. The second kappa shape index (κ2) is 10.5. The van der Waals surface area contributed by atoms with E-state index >= 15 is 0 Å². The zero-order valence-electron chi connectivity index (χ0n) is 18.6. The summed E-state index contributed by atoms with van der Waals surface area (Å²) in [6.45, 7) is 3.85. The van der Waals surface area contributed by atoms with Crippen LogP contribution in [0.5, 0.6) is 0 Å². The quantitative estimate of drug-likeness (QED) is 0.317. The molecule has 0 aliphatic carbocycles. The van der Waals surface area contributed by atoms with Crippen LogP contribution in [0.1, 0.15) is 46.8 Å². The van der Waals surface area contributed by atoms with Gasteiger partial charge in [-0.3, -0.25) is 19.8 Å². The average molecular weight is 503 g/mol. The predicted octanol–water partition coefficient (Wildman–Crippen LogP) is 5.39. The van der Waals surface area contributed by atoms with Gasteiger partial charge in [0, 0.05) is 42.6 Å². The van der Waals surface area contributed by atoms with Crippen molar-refractivity contribution in [3.63, 3.8) is 0 Å². The van der Waals surface area contributed by atoms with Crippen molar-refractivity contribution in [2.75, 3.05) is 26.2 Å². The van der Waals surface area contributed by atoms with E-state index < -0.39 is 10.8 Å². The van der Waals surface area contributed by atoms with E-state index in [1.165, 1.54) is 0 Å². The number of nitrogens with zero attached hydrogens (tertiary/aromatic N) is 4. The van der Waals surface area contributed by atoms with Gasteiger partial charge in [0.2, 0.25) is 11.5 Å². The van der Waals surface area contributed by atoms with Crippen LogP contribution in [-0.4, -0.2) is 52.0 Å². The Morgan fingerprint density at radius 3 is 2.03 bits per heavy atom. The molecule has 1 fully saturated rings. The molecule has 4 rings (SSSR count). The van der Waals surface area contributed by atoms with Crippen LogP contribution in [0.4, 0.5) is 5.69 Å². The van der Waals surface area contributed by atoms with E-state index in [-0.39, 0.29) is 23.2 Å². The molecule has 1 amide bonds. The van der Waals surface area contributed by atoms with Gasteiger partial charge in [-0.15, -0.1) is 0 Å². The van der Waals surface area contributed by atoms with Gasteiger partial charge in [-0.25, -0.2) is 0 Å². The minimum Gasteiger partial charge on any atom is -0.353 e. The summed E-state index contributed by atoms with van der Waals surface area (Å²) in [4.78, 5) is 27.9. The van der Waals surface area contributed by atoms with Crippen molar-refractivity contribution in [3.8, 4) is 0 Å². The topological polar surface area (TPSA) is 92.7 Å². The van der Waals surface area contributed by atoms with Crippen molar-refractivity contribution < 1.29 is 14.2 Å². The van der Waals surface area contributed by atoms with Crippen LogP contribution in [0.3, 0.4) is 0 Å². The molecular formula is C24H24Cl2N4O4. The SMILES string of the molecule is CCCc1onc(C(=O)N2CCN(C(c3ccc(Cl)cc3)c3ccc(Cl)cc3)CC2)c1[N+](=O)[O-]. The molecule has 10 heteroatoms. The van der Waals surface area contributed by atoms with Crippen LogP contribution < -0.4 is 0 Å². The fraction of sp³-hybridized carbons (Fsp3) is 0.333. The number of aromatic nitrogens is 1. The Bertz CT molecular complexity index is 1110. The van der Waals surface area contributed by atoms with Crippen molar-refractivity contribution in [2.24, 2.45) is 0 Å². The van der Waals surface area contributed by atoms with E-state index in [4.69, 9.17) is 27.7 Å². The Morgan fingerprint density at radius 1 is 1.03 bits per heavy atom. The Hall–Kier alpha value is -2.94. The number of piperazine rings is 1. The molecule has 34 heavy (non-hydrogen) atoms. The predicted molar refractivity (Wildman–Crippen MR) is 129 cm³/mol. The summed E-state index contributed by atoms with van der Waals surface area (Å²) in [5, 5.41) is 16.6. The van der Waals surface area contributed by atoms with Gasteiger partial charge in [-0.05, 0) is 41.8 Å². The van der Waals surface area contributed by atoms with Crippen LogP contribution in [0, 0.1) is 10.1 Å². The van der Waals surface area contributed by atoms with E-state index in [2.05, 4.69) is 10.1 Å². The van der Waals surface area contributed by atoms with Crippen molar-refractivity contribution in [2.45, 2.75) is 25.8 Å². The Labute approximate surface area is 207 Å². The fourth-order valence-corrected chi connectivity index (χ4v) is 4.53. The molecule has 1 aromatic heterocycles. The summed E-state index contributed by atoms with van der Waals surface area (Å²) in [5.74, 6) is -0.341. The number of hydrogen-bond donors (Lipinski definition) is 0. The zero-order chi connectivity index (χ0) is 24.2. The van der Waals surface area contributed by atoms with Crippen LogP contribution in [0.25, 0.3) is 0 Å². The van der Waals surface area contributed by atoms with Gasteiger partial charge in [0.15, 0.2) is 0 Å². The minimum atomic E-state index is -0.581. The van der Waals surface area contributed by atoms with Crippen LogP contribution in [0.15, 0.2) is 53.1 Å². The molecule has 0 spiro atoms. The molecule has 2 heterocycles. The highest BCUT2D eigenvalue weighted by Gasteiger charge is 2.36. The zero-order valence-corrected chi connectivity index (χ0v) is 20.1. The molecular weight excluding hydrogens is 479 g/mol. The maximum Gasteiger partial charge on any atom is 0.344 e. The van der Waals surface area contributed by atoms with Crippen LogP contribution >= 0.6 is 23.2 Å². The van der Waals surface area contributed by atoms with Crippen molar-refractivity contribution >= 4 is 34.8 Å². The maximum atomic E-state index is 13.1. The Balaban J connectivity index is 1.54. The minimum absolute atomic E-state index is 0.0515. The number of nitro groups is 1. The summed E-state index contributed by atoms with van der Waals surface area (Å²) in [5.41, 5.74) is 1.59. The van der Waals surface area contributed by atoms with E-state index in [0.29, 0.717) is 49.1 Å². The number of rotatable bonds is 7. The standard InChI is InChI=1S/C24H24Cl2N4O4/c1-2-3-20-23(30(32)33)21(27-34-20)24(31)29-14-12-28(13-15-29)22(16-4-8-18(25)9-5-16)17-6-10-19(26)11-7-17/h4-11,22H,2-3,12-15H2,1H3. The molecule has 0 radical (unpaired) electrons. The van der Waals surface area contributed by atoms with Gasteiger partial charge in [-0.2, -0.15) is 0 Å². The molecule has 0 bridgehead atoms. The first-order valence-corrected chi connectivity index (χ1v) is 11.8. The summed E-state index contributed by atoms with van der Waals surface area (Å²) in [6.07, 6.45) is 1.01. The molecule has 2 aromatic carbocycles. The Kier molecular flexibility index (Phi) is 7.50. The average Bonchev–Trinajstić information content (AvgIpc) is 3.26. The van der Waals surface area contributed by atoms with E-state index in [1.54, 1.807) is 4.90 Å². The lowest BCUT2D eigenvalue weighted by Crippen LogP contribution is -2.50. The molecule has 8 nitrogen and oxygen atoms in total. The second-order valence-corrected chi connectivity index (χ2v) is 9.02. The second-order valence-electron chi connectivity index (χ2n) is 8.14. The van der Waals surface area contributed by atoms with Gasteiger partial charge in [0.1, 0.15) is 0 Å². The number of carbonyl (C=O) groups is 1. The molecule has 0 unspecified atom stereocenters. The summed E-state index contributed by atoms with van der Waals surface area (Å²) in [6, 6.07) is 15.4. The third-order valence-corrected chi connectivity index (χ3v) is 6.44.